The first-order chi connectivity index (χ1) is 15.7. The molecule has 7 atom stereocenters. The summed E-state index contributed by atoms with van der Waals surface area (Å²) in [5.41, 5.74) is 5.10. The quantitative estimate of drug-likeness (QED) is 0.232. The molecule has 0 aliphatic carbocycles. The molecule has 14 heteroatoms. The molecule has 2 saturated heterocycles. The molecule has 0 bridgehead atoms. The Bertz CT molecular complexity index is 880. The van der Waals surface area contributed by atoms with Crippen LogP contribution in [0.2, 0.25) is 0 Å². The molecular formula is C20H31N5O9. The average molecular weight is 485 g/mol. The summed E-state index contributed by atoms with van der Waals surface area (Å²) in [5.74, 6) is -6.22. The first-order valence-corrected chi connectivity index (χ1v) is 10.8. The lowest BCUT2D eigenvalue weighted by atomic mass is 10.1. The first-order valence-electron chi connectivity index (χ1n) is 10.8. The minimum absolute atomic E-state index is 0.0588. The molecule has 2 aliphatic rings. The number of nitrogens with one attached hydrogen (secondary N) is 1. The molecule has 2 rings (SSSR count). The molecule has 190 valence electrons. The van der Waals surface area contributed by atoms with E-state index in [1.54, 1.807) is 0 Å². The van der Waals surface area contributed by atoms with Crippen LogP contribution in [0.1, 0.15) is 34.1 Å². The zero-order valence-corrected chi connectivity index (χ0v) is 19.6. The van der Waals surface area contributed by atoms with Crippen LogP contribution in [-0.2, 0) is 33.5 Å². The van der Waals surface area contributed by atoms with E-state index in [1.807, 2.05) is 6.92 Å². The van der Waals surface area contributed by atoms with Crippen molar-refractivity contribution in [1.29, 1.82) is 0 Å². The van der Waals surface area contributed by atoms with E-state index in [2.05, 4.69) is 5.32 Å². The molecule has 14 nitrogen and oxygen atoms in total. The van der Waals surface area contributed by atoms with Gasteiger partial charge in [-0.3, -0.25) is 29.2 Å². The molecule has 0 radical (unpaired) electrons. The number of aliphatic hydroxyl groups excluding tert-OH is 1. The number of esters is 1. The monoisotopic (exact) mass is 485 g/mol. The third-order valence-electron chi connectivity index (χ3n) is 6.02. The first kappa shape index (κ1) is 27.0. The molecule has 0 spiro atoms. The molecule has 5 amide bonds. The highest BCUT2D eigenvalue weighted by Crippen LogP contribution is 2.25. The topological polar surface area (TPSA) is 200 Å². The van der Waals surface area contributed by atoms with Gasteiger partial charge in [-0.1, -0.05) is 6.92 Å². The van der Waals surface area contributed by atoms with E-state index in [4.69, 9.17) is 10.5 Å². The lowest BCUT2D eigenvalue weighted by molar-refractivity contribution is -0.189. The minimum atomic E-state index is -2.25. The van der Waals surface area contributed by atoms with Crippen molar-refractivity contribution < 1.29 is 43.8 Å². The molecule has 0 saturated carbocycles. The third kappa shape index (κ3) is 5.28. The number of primary amides is 1. The van der Waals surface area contributed by atoms with Crippen molar-refractivity contribution in [3.63, 3.8) is 0 Å². The summed E-state index contributed by atoms with van der Waals surface area (Å²) in [6.07, 6.45) is -3.46. The normalized spacial score (nSPS) is 33.0. The fraction of sp³-hybridized carbons (Fsp3) is 0.700. The summed E-state index contributed by atoms with van der Waals surface area (Å²) < 4.78 is 5.25. The van der Waals surface area contributed by atoms with Crippen LogP contribution in [-0.4, -0.2) is 111 Å². The van der Waals surface area contributed by atoms with Gasteiger partial charge in [0, 0.05) is 13.6 Å². The zero-order chi connectivity index (χ0) is 26.1. The van der Waals surface area contributed by atoms with Crippen LogP contribution in [0.4, 0.5) is 0 Å². The number of likely N-dealkylation sites (N-methyl/N-ethyl adjacent to an activating group) is 1. The van der Waals surface area contributed by atoms with Gasteiger partial charge in [-0.05, 0) is 33.1 Å². The van der Waals surface area contributed by atoms with E-state index in [0.29, 0.717) is 4.90 Å². The van der Waals surface area contributed by atoms with Crippen LogP contribution < -0.4 is 11.1 Å². The Kier molecular flexibility index (Phi) is 8.21. The van der Waals surface area contributed by atoms with Gasteiger partial charge in [-0.25, -0.2) is 9.86 Å². The van der Waals surface area contributed by atoms with Crippen molar-refractivity contribution in [2.24, 2.45) is 11.7 Å². The molecular weight excluding hydrogens is 454 g/mol. The number of fused-ring (bicyclic) bond motifs is 1. The zero-order valence-electron chi connectivity index (χ0n) is 19.6. The SMILES string of the molecule is CC1CC2C(=O)OC(C)C(=O)N(C)C(C(O)C(N)=O)C(=O)N(O)C(C)C(=O)NC(C)C(=O)N2C1. The highest BCUT2D eigenvalue weighted by atomic mass is 16.6. The van der Waals surface area contributed by atoms with Crippen LogP contribution in [0, 0.1) is 5.92 Å². The predicted molar refractivity (Wildman–Crippen MR) is 112 cm³/mol. The Morgan fingerprint density at radius 3 is 2.24 bits per heavy atom. The number of aliphatic hydroxyl groups is 1. The highest BCUT2D eigenvalue weighted by molar-refractivity contribution is 5.98. The van der Waals surface area contributed by atoms with Gasteiger partial charge >= 0.3 is 5.97 Å². The van der Waals surface area contributed by atoms with Gasteiger partial charge in [0.05, 0.1) is 0 Å². The van der Waals surface area contributed by atoms with Gasteiger partial charge in [0.1, 0.15) is 24.2 Å². The molecule has 0 aromatic rings. The van der Waals surface area contributed by atoms with Gasteiger partial charge in [0.2, 0.25) is 17.7 Å². The number of hydrogen-bond acceptors (Lipinski definition) is 9. The van der Waals surface area contributed by atoms with E-state index >= 15 is 0 Å². The standard InChI is InChI=1S/C20H31N5O9/c1-8-6-12-20(32)34-11(4)18(30)23(5)13(14(26)15(21)27)19(31)25(33)10(3)16(28)22-9(2)17(29)24(12)7-8/h8-14,26,33H,6-7H2,1-5H3,(H2,21,27)(H,22,28). The van der Waals surface area contributed by atoms with Gasteiger partial charge in [-0.15, -0.1) is 0 Å². The van der Waals surface area contributed by atoms with E-state index in [0.717, 1.165) is 14.0 Å². The van der Waals surface area contributed by atoms with Crippen LogP contribution in [0.5, 0.6) is 0 Å². The van der Waals surface area contributed by atoms with Crippen LogP contribution in [0.25, 0.3) is 0 Å². The number of carbonyl (C=O) groups excluding carboxylic acids is 6. The smallest absolute Gasteiger partial charge is 0.329 e. The number of rotatable bonds is 2. The number of hydroxylamine groups is 2. The Morgan fingerprint density at radius 2 is 1.68 bits per heavy atom. The van der Waals surface area contributed by atoms with E-state index in [-0.39, 0.29) is 23.9 Å². The average Bonchev–Trinajstić information content (AvgIpc) is 3.17. The Morgan fingerprint density at radius 1 is 1.09 bits per heavy atom. The second-order valence-electron chi connectivity index (χ2n) is 8.76. The molecule has 2 fully saturated rings. The number of carbonyl (C=O) groups is 6. The maximum absolute atomic E-state index is 13.0. The Balaban J connectivity index is 2.52. The second kappa shape index (κ2) is 10.3. The Hall–Kier alpha value is -3.26. The van der Waals surface area contributed by atoms with Crippen molar-refractivity contribution >= 4 is 35.5 Å². The van der Waals surface area contributed by atoms with Crippen molar-refractivity contribution in [2.75, 3.05) is 13.6 Å². The van der Waals surface area contributed by atoms with Crippen LogP contribution in [0.3, 0.4) is 0 Å². The largest absolute Gasteiger partial charge is 0.451 e. The summed E-state index contributed by atoms with van der Waals surface area (Å²) in [6.45, 7) is 5.76. The number of ether oxygens (including phenoxy) is 1. The predicted octanol–water partition coefficient (Wildman–Crippen LogP) is -3.05. The van der Waals surface area contributed by atoms with Crippen molar-refractivity contribution in [3.05, 3.63) is 0 Å². The van der Waals surface area contributed by atoms with Crippen LogP contribution in [0.15, 0.2) is 0 Å². The maximum atomic E-state index is 13.0. The molecule has 34 heavy (non-hydrogen) atoms. The molecule has 7 unspecified atom stereocenters. The van der Waals surface area contributed by atoms with Gasteiger partial charge in [-0.2, -0.15) is 0 Å². The van der Waals surface area contributed by atoms with Gasteiger partial charge in [0.25, 0.3) is 11.8 Å². The number of nitrogens with two attached hydrogens (primary N) is 1. The summed E-state index contributed by atoms with van der Waals surface area (Å²) in [7, 11) is 1.04. The number of amides is 5. The van der Waals surface area contributed by atoms with E-state index in [9.17, 15) is 39.1 Å². The molecule has 0 aromatic carbocycles. The van der Waals surface area contributed by atoms with Gasteiger partial charge < -0.3 is 30.7 Å². The van der Waals surface area contributed by atoms with Crippen molar-refractivity contribution in [2.45, 2.75) is 70.5 Å². The fourth-order valence-electron chi connectivity index (χ4n) is 3.99. The highest BCUT2D eigenvalue weighted by Gasteiger charge is 2.45. The molecule has 2 heterocycles. The second-order valence-corrected chi connectivity index (χ2v) is 8.76. The summed E-state index contributed by atoms with van der Waals surface area (Å²) in [5, 5.41) is 22.9. The molecule has 5 N–H and O–H groups in total. The summed E-state index contributed by atoms with van der Waals surface area (Å²) in [6, 6.07) is -5.74. The number of hydrogen-bond donors (Lipinski definition) is 4. The van der Waals surface area contributed by atoms with E-state index < -0.39 is 71.9 Å². The maximum Gasteiger partial charge on any atom is 0.329 e. The van der Waals surface area contributed by atoms with Crippen molar-refractivity contribution in [1.82, 2.24) is 20.2 Å². The minimum Gasteiger partial charge on any atom is -0.451 e. The number of cyclic esters (lactones) is 1. The molecule has 0 aromatic heterocycles. The van der Waals surface area contributed by atoms with Crippen LogP contribution >= 0.6 is 0 Å². The summed E-state index contributed by atoms with van der Waals surface area (Å²) >= 11 is 0. The van der Waals surface area contributed by atoms with Crippen molar-refractivity contribution in [3.8, 4) is 0 Å². The Labute approximate surface area is 195 Å². The number of nitrogens with zero attached hydrogens (tertiary/aromatic N) is 3. The molecule has 2 aliphatic heterocycles. The van der Waals surface area contributed by atoms with E-state index in [1.165, 1.54) is 18.7 Å². The third-order valence-corrected chi connectivity index (χ3v) is 6.02. The lowest BCUT2D eigenvalue weighted by Crippen LogP contribution is -2.61. The lowest BCUT2D eigenvalue weighted by Gasteiger charge is -2.34. The summed E-state index contributed by atoms with van der Waals surface area (Å²) in [4.78, 5) is 77.7. The fourth-order valence-corrected chi connectivity index (χ4v) is 3.99. The van der Waals surface area contributed by atoms with Gasteiger partial charge in [0.15, 0.2) is 12.2 Å².